The van der Waals surface area contributed by atoms with Crippen molar-refractivity contribution in [2.45, 2.75) is 45.7 Å². The summed E-state index contributed by atoms with van der Waals surface area (Å²) in [6.45, 7) is 8.27. The Labute approximate surface area is 110 Å². The topological polar surface area (TPSA) is 52.7 Å². The molecule has 5 nitrogen and oxygen atoms in total. The number of likely N-dealkylation sites (N-methyl/N-ethyl adjacent to an activating group) is 2. The van der Waals surface area contributed by atoms with Crippen LogP contribution in [-0.4, -0.2) is 60.4 Å². The molecular weight excluding hydrogens is 230 g/mol. The third kappa shape index (κ3) is 3.53. The van der Waals surface area contributed by atoms with Crippen LogP contribution in [0.5, 0.6) is 0 Å². The van der Waals surface area contributed by atoms with Gasteiger partial charge in [0.2, 0.25) is 11.8 Å². The molecule has 0 radical (unpaired) electrons. The molecule has 0 aliphatic carbocycles. The maximum Gasteiger partial charge on any atom is 0.246 e. The van der Waals surface area contributed by atoms with Gasteiger partial charge in [0.15, 0.2) is 0 Å². The van der Waals surface area contributed by atoms with Crippen LogP contribution in [0.15, 0.2) is 0 Å². The molecule has 2 unspecified atom stereocenters. The first-order valence-electron chi connectivity index (χ1n) is 6.79. The normalized spacial score (nSPS) is 22.1. The van der Waals surface area contributed by atoms with E-state index in [1.54, 1.807) is 0 Å². The standard InChI is InChI=1S/C13H25N3O2/c1-5-10(3)15(4)8-7-14-11-9-12(17)16(6-2)13(11)18/h10-11,14H,5-9H2,1-4H3. The molecule has 104 valence electrons. The number of likely N-dealkylation sites (tertiary alicyclic amines) is 1. The second-order valence-corrected chi connectivity index (χ2v) is 4.92. The largest absolute Gasteiger partial charge is 0.304 e. The summed E-state index contributed by atoms with van der Waals surface area (Å²) in [5, 5.41) is 3.18. The number of rotatable bonds is 7. The first-order valence-corrected chi connectivity index (χ1v) is 6.79. The van der Waals surface area contributed by atoms with Gasteiger partial charge in [0.05, 0.1) is 12.5 Å². The second kappa shape index (κ2) is 6.85. The molecule has 1 saturated heterocycles. The van der Waals surface area contributed by atoms with Crippen molar-refractivity contribution in [3.05, 3.63) is 0 Å². The van der Waals surface area contributed by atoms with Crippen LogP contribution in [0, 0.1) is 0 Å². The average molecular weight is 255 g/mol. The van der Waals surface area contributed by atoms with Crippen LogP contribution < -0.4 is 5.32 Å². The number of carbonyl (C=O) groups is 2. The quantitative estimate of drug-likeness (QED) is 0.671. The molecule has 18 heavy (non-hydrogen) atoms. The van der Waals surface area contributed by atoms with E-state index >= 15 is 0 Å². The molecular formula is C13H25N3O2. The maximum absolute atomic E-state index is 11.8. The minimum Gasteiger partial charge on any atom is -0.304 e. The van der Waals surface area contributed by atoms with Crippen LogP contribution in [0.3, 0.4) is 0 Å². The van der Waals surface area contributed by atoms with E-state index in [0.29, 0.717) is 19.0 Å². The minimum atomic E-state index is -0.317. The van der Waals surface area contributed by atoms with Gasteiger partial charge in [0.1, 0.15) is 0 Å². The van der Waals surface area contributed by atoms with E-state index in [1.165, 1.54) is 4.90 Å². The molecule has 0 aromatic carbocycles. The van der Waals surface area contributed by atoms with Crippen LogP contribution >= 0.6 is 0 Å². The fourth-order valence-corrected chi connectivity index (χ4v) is 2.12. The highest BCUT2D eigenvalue weighted by Gasteiger charge is 2.36. The molecule has 0 spiro atoms. The molecule has 1 aliphatic rings. The monoisotopic (exact) mass is 255 g/mol. The van der Waals surface area contributed by atoms with Crippen molar-refractivity contribution in [3.63, 3.8) is 0 Å². The van der Waals surface area contributed by atoms with Gasteiger partial charge in [-0.2, -0.15) is 0 Å². The Morgan fingerprint density at radius 1 is 1.44 bits per heavy atom. The van der Waals surface area contributed by atoms with E-state index in [0.717, 1.165) is 19.5 Å². The molecule has 1 N–H and O–H groups in total. The van der Waals surface area contributed by atoms with E-state index < -0.39 is 0 Å². The summed E-state index contributed by atoms with van der Waals surface area (Å²) in [5.41, 5.74) is 0. The van der Waals surface area contributed by atoms with E-state index in [-0.39, 0.29) is 17.9 Å². The SMILES string of the molecule is CCC(C)N(C)CCNC1CC(=O)N(CC)C1=O. The molecule has 0 bridgehead atoms. The molecule has 1 aliphatic heterocycles. The predicted molar refractivity (Wildman–Crippen MR) is 71.2 cm³/mol. The highest BCUT2D eigenvalue weighted by molar-refractivity contribution is 6.05. The molecule has 0 saturated carbocycles. The smallest absolute Gasteiger partial charge is 0.246 e. The van der Waals surface area contributed by atoms with Gasteiger partial charge in [0, 0.05) is 25.7 Å². The van der Waals surface area contributed by atoms with Gasteiger partial charge < -0.3 is 10.2 Å². The number of nitrogens with zero attached hydrogens (tertiary/aromatic N) is 2. The molecule has 1 rings (SSSR count). The molecule has 0 aromatic heterocycles. The number of hydrogen-bond donors (Lipinski definition) is 1. The van der Waals surface area contributed by atoms with Crippen LogP contribution in [0.1, 0.15) is 33.6 Å². The van der Waals surface area contributed by atoms with Crippen molar-refractivity contribution >= 4 is 11.8 Å². The molecule has 1 heterocycles. The highest BCUT2D eigenvalue weighted by atomic mass is 16.2. The third-order valence-corrected chi connectivity index (χ3v) is 3.76. The van der Waals surface area contributed by atoms with Crippen LogP contribution in [-0.2, 0) is 9.59 Å². The zero-order chi connectivity index (χ0) is 13.7. The van der Waals surface area contributed by atoms with Crippen molar-refractivity contribution in [2.24, 2.45) is 0 Å². The molecule has 5 heteroatoms. The summed E-state index contributed by atoms with van der Waals surface area (Å²) in [7, 11) is 2.08. The van der Waals surface area contributed by atoms with Gasteiger partial charge in [-0.15, -0.1) is 0 Å². The lowest BCUT2D eigenvalue weighted by Gasteiger charge is -2.24. The van der Waals surface area contributed by atoms with Gasteiger partial charge in [-0.05, 0) is 27.3 Å². The van der Waals surface area contributed by atoms with Crippen LogP contribution in [0.25, 0.3) is 0 Å². The van der Waals surface area contributed by atoms with Gasteiger partial charge in [-0.3, -0.25) is 14.5 Å². The number of amides is 2. The lowest BCUT2D eigenvalue weighted by molar-refractivity contribution is -0.138. The molecule has 2 amide bonds. The van der Waals surface area contributed by atoms with Crippen LogP contribution in [0.2, 0.25) is 0 Å². The fraction of sp³-hybridized carbons (Fsp3) is 0.846. The van der Waals surface area contributed by atoms with E-state index in [2.05, 4.69) is 31.1 Å². The Morgan fingerprint density at radius 3 is 2.61 bits per heavy atom. The number of imide groups is 1. The van der Waals surface area contributed by atoms with Crippen molar-refractivity contribution in [1.29, 1.82) is 0 Å². The Bertz CT molecular complexity index is 307. The minimum absolute atomic E-state index is 0.0599. The average Bonchev–Trinajstić information content (AvgIpc) is 2.63. The lowest BCUT2D eigenvalue weighted by Crippen LogP contribution is -2.42. The van der Waals surface area contributed by atoms with Crippen LogP contribution in [0.4, 0.5) is 0 Å². The van der Waals surface area contributed by atoms with Gasteiger partial charge in [-0.25, -0.2) is 0 Å². The summed E-state index contributed by atoms with van der Waals surface area (Å²) < 4.78 is 0. The van der Waals surface area contributed by atoms with Crippen molar-refractivity contribution in [3.8, 4) is 0 Å². The first-order chi connectivity index (χ1) is 8.51. The Hall–Kier alpha value is -0.940. The number of nitrogens with one attached hydrogen (secondary N) is 1. The second-order valence-electron chi connectivity index (χ2n) is 4.92. The molecule has 1 fully saturated rings. The summed E-state index contributed by atoms with van der Waals surface area (Å²) in [6.07, 6.45) is 1.42. The first kappa shape index (κ1) is 15.1. The highest BCUT2D eigenvalue weighted by Crippen LogP contribution is 2.12. The number of carbonyl (C=O) groups excluding carboxylic acids is 2. The van der Waals surface area contributed by atoms with Crippen molar-refractivity contribution in [2.75, 3.05) is 26.7 Å². The van der Waals surface area contributed by atoms with Crippen molar-refractivity contribution in [1.82, 2.24) is 15.1 Å². The van der Waals surface area contributed by atoms with E-state index in [4.69, 9.17) is 0 Å². The zero-order valence-electron chi connectivity index (χ0n) is 11.9. The Balaban J connectivity index is 2.33. The van der Waals surface area contributed by atoms with Gasteiger partial charge in [-0.1, -0.05) is 6.92 Å². The summed E-state index contributed by atoms with van der Waals surface area (Å²) in [6, 6.07) is 0.225. The van der Waals surface area contributed by atoms with E-state index in [9.17, 15) is 9.59 Å². The van der Waals surface area contributed by atoms with Crippen molar-refractivity contribution < 1.29 is 9.59 Å². The van der Waals surface area contributed by atoms with E-state index in [1.807, 2.05) is 6.92 Å². The Morgan fingerprint density at radius 2 is 2.11 bits per heavy atom. The summed E-state index contributed by atoms with van der Waals surface area (Å²) in [5.74, 6) is -0.135. The fourth-order valence-electron chi connectivity index (χ4n) is 2.12. The predicted octanol–water partition coefficient (Wildman–Crippen LogP) is 0.454. The Kier molecular flexibility index (Phi) is 5.75. The molecule has 0 aromatic rings. The lowest BCUT2D eigenvalue weighted by atomic mass is 10.2. The van der Waals surface area contributed by atoms with Gasteiger partial charge >= 0.3 is 0 Å². The molecule has 2 atom stereocenters. The zero-order valence-corrected chi connectivity index (χ0v) is 11.9. The summed E-state index contributed by atoms with van der Waals surface area (Å²) >= 11 is 0. The summed E-state index contributed by atoms with van der Waals surface area (Å²) in [4.78, 5) is 27.0. The third-order valence-electron chi connectivity index (χ3n) is 3.76. The maximum atomic E-state index is 11.8. The number of hydrogen-bond acceptors (Lipinski definition) is 4. The van der Waals surface area contributed by atoms with Gasteiger partial charge in [0.25, 0.3) is 0 Å².